The minimum absolute atomic E-state index is 0.0274. The molecule has 2 rings (SSSR count). The molecule has 6 nitrogen and oxygen atoms in total. The van der Waals surface area contributed by atoms with E-state index in [1.807, 2.05) is 0 Å². The minimum atomic E-state index is -0.574. The number of hydrogen-bond donors (Lipinski definition) is 0. The van der Waals surface area contributed by atoms with Crippen LogP contribution in [0.3, 0.4) is 0 Å². The lowest BCUT2D eigenvalue weighted by Crippen LogP contribution is -1.97. The highest BCUT2D eigenvalue weighted by atomic mass is 35.5. The largest absolute Gasteiger partial charge is 0.436 e. The normalized spacial score (nSPS) is 10.4. The van der Waals surface area contributed by atoms with E-state index in [0.717, 1.165) is 0 Å². The van der Waals surface area contributed by atoms with Crippen LogP contribution in [0, 0.1) is 24.0 Å². The van der Waals surface area contributed by atoms with E-state index < -0.39 is 4.92 Å². The molecule has 2 aromatic rings. The van der Waals surface area contributed by atoms with Crippen molar-refractivity contribution in [3.8, 4) is 11.6 Å². The Morgan fingerprint density at radius 2 is 1.85 bits per heavy atom. The molecule has 1 aromatic carbocycles. The number of aryl methyl sites for hydroxylation is 2. The Kier molecular flexibility index (Phi) is 4.06. The molecule has 0 aliphatic carbocycles. The van der Waals surface area contributed by atoms with E-state index in [1.54, 1.807) is 13.8 Å². The molecule has 0 atom stereocenters. The average Bonchev–Trinajstić information content (AvgIpc) is 2.35. The molecular weight excluding hydrogens is 305 g/mol. The minimum Gasteiger partial charge on any atom is -0.436 e. The summed E-state index contributed by atoms with van der Waals surface area (Å²) in [5.74, 6) is 0.416. The zero-order valence-corrected chi connectivity index (χ0v) is 12.1. The van der Waals surface area contributed by atoms with Crippen molar-refractivity contribution in [3.63, 3.8) is 0 Å². The molecule has 0 N–H and O–H groups in total. The number of rotatable bonds is 3. The molecule has 0 aliphatic heterocycles. The number of benzene rings is 1. The summed E-state index contributed by atoms with van der Waals surface area (Å²) in [6.07, 6.45) is 0. The van der Waals surface area contributed by atoms with Crippen molar-refractivity contribution in [2.24, 2.45) is 0 Å². The van der Waals surface area contributed by atoms with Crippen LogP contribution in [0.4, 0.5) is 5.69 Å². The first kappa shape index (κ1) is 14.5. The number of halogens is 2. The highest BCUT2D eigenvalue weighted by molar-refractivity contribution is 6.32. The number of hydrogen-bond acceptors (Lipinski definition) is 5. The van der Waals surface area contributed by atoms with Crippen molar-refractivity contribution in [2.45, 2.75) is 13.8 Å². The average molecular weight is 314 g/mol. The highest BCUT2D eigenvalue weighted by Crippen LogP contribution is 2.32. The van der Waals surface area contributed by atoms with Crippen LogP contribution in [0.1, 0.15) is 11.4 Å². The van der Waals surface area contributed by atoms with E-state index in [1.165, 1.54) is 18.2 Å². The fourth-order valence-electron chi connectivity index (χ4n) is 1.43. The molecule has 0 unspecified atom stereocenters. The first-order chi connectivity index (χ1) is 9.38. The molecule has 104 valence electrons. The Balaban J connectivity index is 2.33. The van der Waals surface area contributed by atoms with Crippen LogP contribution in [-0.2, 0) is 0 Å². The van der Waals surface area contributed by atoms with Gasteiger partial charge < -0.3 is 4.74 Å². The molecule has 1 heterocycles. The van der Waals surface area contributed by atoms with Crippen molar-refractivity contribution in [1.82, 2.24) is 9.97 Å². The third-order valence-corrected chi connectivity index (χ3v) is 3.11. The topological polar surface area (TPSA) is 78.2 Å². The van der Waals surface area contributed by atoms with Crippen LogP contribution in [0.15, 0.2) is 18.2 Å². The van der Waals surface area contributed by atoms with Gasteiger partial charge in [-0.15, -0.1) is 0 Å². The summed E-state index contributed by atoms with van der Waals surface area (Å²) in [7, 11) is 0. The lowest BCUT2D eigenvalue weighted by Gasteiger charge is -2.08. The molecular formula is C12H9Cl2N3O3. The van der Waals surface area contributed by atoms with Gasteiger partial charge in [0.1, 0.15) is 10.8 Å². The summed E-state index contributed by atoms with van der Waals surface area (Å²) >= 11 is 11.7. The Morgan fingerprint density at radius 3 is 2.45 bits per heavy atom. The van der Waals surface area contributed by atoms with Crippen molar-refractivity contribution in [1.29, 1.82) is 0 Å². The molecule has 0 spiro atoms. The molecule has 0 bridgehead atoms. The zero-order chi connectivity index (χ0) is 14.9. The van der Waals surface area contributed by atoms with Gasteiger partial charge in [-0.25, -0.2) is 9.97 Å². The van der Waals surface area contributed by atoms with Gasteiger partial charge in [0.15, 0.2) is 5.15 Å². The fourth-order valence-corrected chi connectivity index (χ4v) is 1.88. The predicted octanol–water partition coefficient (Wildman–Crippen LogP) is 4.10. The summed E-state index contributed by atoms with van der Waals surface area (Å²) in [5, 5.41) is 10.8. The number of nitro groups is 1. The van der Waals surface area contributed by atoms with Gasteiger partial charge in [0.2, 0.25) is 0 Å². The zero-order valence-electron chi connectivity index (χ0n) is 10.6. The lowest BCUT2D eigenvalue weighted by atomic mass is 10.3. The van der Waals surface area contributed by atoms with Crippen LogP contribution < -0.4 is 4.74 Å². The first-order valence-corrected chi connectivity index (χ1v) is 6.26. The SMILES string of the molecule is Cc1nc(Cl)c(Oc2ccc([N+](=O)[O-])c(Cl)c2)nc1C. The summed E-state index contributed by atoms with van der Waals surface area (Å²) < 4.78 is 5.45. The third-order valence-electron chi connectivity index (χ3n) is 2.57. The van der Waals surface area contributed by atoms with E-state index in [-0.39, 0.29) is 21.7 Å². The second-order valence-corrected chi connectivity index (χ2v) is 4.73. The van der Waals surface area contributed by atoms with Gasteiger partial charge in [-0.3, -0.25) is 10.1 Å². The molecule has 0 saturated carbocycles. The van der Waals surface area contributed by atoms with E-state index in [9.17, 15) is 10.1 Å². The Bertz CT molecular complexity index is 692. The number of nitro benzene ring substituents is 1. The van der Waals surface area contributed by atoms with Crippen LogP contribution in [0.2, 0.25) is 10.2 Å². The van der Waals surface area contributed by atoms with Gasteiger partial charge in [0.05, 0.1) is 16.3 Å². The molecule has 0 saturated heterocycles. The Morgan fingerprint density at radius 1 is 1.20 bits per heavy atom. The monoisotopic (exact) mass is 313 g/mol. The maximum absolute atomic E-state index is 10.7. The van der Waals surface area contributed by atoms with Crippen molar-refractivity contribution < 1.29 is 9.66 Å². The van der Waals surface area contributed by atoms with E-state index >= 15 is 0 Å². The van der Waals surface area contributed by atoms with Gasteiger partial charge >= 0.3 is 0 Å². The first-order valence-electron chi connectivity index (χ1n) is 5.51. The molecule has 8 heteroatoms. The Hall–Kier alpha value is -1.92. The number of aromatic nitrogens is 2. The molecule has 0 aliphatic rings. The molecule has 0 fully saturated rings. The molecule has 0 amide bonds. The third kappa shape index (κ3) is 2.97. The van der Waals surface area contributed by atoms with Gasteiger partial charge in [-0.1, -0.05) is 23.2 Å². The summed E-state index contributed by atoms with van der Waals surface area (Å²) in [5.41, 5.74) is 1.18. The quantitative estimate of drug-likeness (QED) is 0.629. The van der Waals surface area contributed by atoms with E-state index in [4.69, 9.17) is 27.9 Å². The molecule has 1 aromatic heterocycles. The standard InChI is InChI=1S/C12H9Cl2N3O3/c1-6-7(2)16-12(11(14)15-6)20-8-3-4-10(17(18)19)9(13)5-8/h3-5H,1-2H3. The smallest absolute Gasteiger partial charge is 0.288 e. The van der Waals surface area contributed by atoms with Crippen molar-refractivity contribution in [3.05, 3.63) is 49.9 Å². The second-order valence-electron chi connectivity index (χ2n) is 3.96. The summed E-state index contributed by atoms with van der Waals surface area (Å²) in [4.78, 5) is 18.3. The van der Waals surface area contributed by atoms with Crippen LogP contribution in [0.5, 0.6) is 11.6 Å². The predicted molar refractivity (Wildman–Crippen MR) is 74.7 cm³/mol. The van der Waals surface area contributed by atoms with Crippen LogP contribution in [-0.4, -0.2) is 14.9 Å². The highest BCUT2D eigenvalue weighted by Gasteiger charge is 2.15. The van der Waals surface area contributed by atoms with Crippen molar-refractivity contribution >= 4 is 28.9 Å². The van der Waals surface area contributed by atoms with E-state index in [2.05, 4.69) is 9.97 Å². The van der Waals surface area contributed by atoms with Crippen molar-refractivity contribution in [2.75, 3.05) is 0 Å². The van der Waals surface area contributed by atoms with Gasteiger partial charge in [0, 0.05) is 12.1 Å². The summed E-state index contributed by atoms with van der Waals surface area (Å²) in [6, 6.07) is 3.99. The maximum Gasteiger partial charge on any atom is 0.288 e. The van der Waals surface area contributed by atoms with Gasteiger partial charge in [-0.2, -0.15) is 0 Å². The molecule has 20 heavy (non-hydrogen) atoms. The summed E-state index contributed by atoms with van der Waals surface area (Å²) in [6.45, 7) is 3.55. The number of ether oxygens (including phenoxy) is 1. The van der Waals surface area contributed by atoms with Gasteiger partial charge in [0.25, 0.3) is 11.6 Å². The van der Waals surface area contributed by atoms with Gasteiger partial charge in [-0.05, 0) is 19.9 Å². The Labute approximate surface area is 124 Å². The fraction of sp³-hybridized carbons (Fsp3) is 0.167. The molecule has 0 radical (unpaired) electrons. The second kappa shape index (κ2) is 5.60. The maximum atomic E-state index is 10.7. The van der Waals surface area contributed by atoms with Crippen LogP contribution in [0.25, 0.3) is 0 Å². The lowest BCUT2D eigenvalue weighted by molar-refractivity contribution is -0.384. The number of nitrogens with zero attached hydrogens (tertiary/aromatic N) is 3. The van der Waals surface area contributed by atoms with E-state index in [0.29, 0.717) is 17.1 Å². The van der Waals surface area contributed by atoms with Crippen LogP contribution >= 0.6 is 23.2 Å².